The minimum absolute atomic E-state index is 0.239. The molecule has 0 unspecified atom stereocenters. The fourth-order valence-electron chi connectivity index (χ4n) is 1.47. The lowest BCUT2D eigenvalue weighted by molar-refractivity contribution is -0.0888. The number of hydrogen-bond donors (Lipinski definition) is 0. The first-order valence-corrected chi connectivity index (χ1v) is 4.47. The first kappa shape index (κ1) is 10.7. The van der Waals surface area contributed by atoms with Crippen LogP contribution in [0.1, 0.15) is 16.1 Å². The van der Waals surface area contributed by atoms with E-state index in [1.165, 1.54) is 17.6 Å². The number of fused-ring (bicyclic) bond motifs is 1. The van der Waals surface area contributed by atoms with Gasteiger partial charge in [0.1, 0.15) is 5.69 Å². The van der Waals surface area contributed by atoms with Crippen LogP contribution in [0.25, 0.3) is 5.52 Å². The molecule has 0 bridgehead atoms. The van der Waals surface area contributed by atoms with Crippen molar-refractivity contribution in [2.45, 2.75) is 13.1 Å². The number of carbonyl (C=O) groups is 1. The zero-order valence-corrected chi connectivity index (χ0v) is 8.25. The third kappa shape index (κ3) is 1.56. The van der Waals surface area contributed by atoms with E-state index >= 15 is 0 Å². The Labute approximate surface area is 88.5 Å². The van der Waals surface area contributed by atoms with Gasteiger partial charge in [-0.25, -0.2) is 4.52 Å². The maximum absolute atomic E-state index is 12.2. The summed E-state index contributed by atoms with van der Waals surface area (Å²) in [5.41, 5.74) is 0.191. The molecule has 0 aromatic carbocycles. The molecule has 2 heterocycles. The third-order valence-electron chi connectivity index (χ3n) is 2.26. The summed E-state index contributed by atoms with van der Waals surface area (Å²) in [6.45, 7) is 1.45. The van der Waals surface area contributed by atoms with Crippen LogP contribution >= 0.6 is 0 Å². The molecular weight excluding hydrogens is 221 g/mol. The fourth-order valence-corrected chi connectivity index (χ4v) is 1.47. The average molecular weight is 228 g/mol. The number of Topliss-reactive ketones (excluding diaryl/α,β-unsaturated/α-hetero) is 1. The van der Waals surface area contributed by atoms with Crippen LogP contribution in [0.15, 0.2) is 24.4 Å². The van der Waals surface area contributed by atoms with Gasteiger partial charge in [0, 0.05) is 11.8 Å². The molecule has 0 aliphatic heterocycles. The Balaban J connectivity index is 2.63. The van der Waals surface area contributed by atoms with Crippen molar-refractivity contribution < 1.29 is 18.0 Å². The van der Waals surface area contributed by atoms with Crippen LogP contribution in [0.3, 0.4) is 0 Å². The summed E-state index contributed by atoms with van der Waals surface area (Å²) >= 11 is 0. The highest BCUT2D eigenvalue weighted by atomic mass is 19.4. The highest BCUT2D eigenvalue weighted by Gasteiger charge is 2.42. The second kappa shape index (κ2) is 3.33. The lowest BCUT2D eigenvalue weighted by atomic mass is 10.1. The van der Waals surface area contributed by atoms with Crippen LogP contribution in [0.5, 0.6) is 0 Å². The second-order valence-electron chi connectivity index (χ2n) is 3.33. The van der Waals surface area contributed by atoms with E-state index < -0.39 is 17.7 Å². The van der Waals surface area contributed by atoms with Gasteiger partial charge in [-0.2, -0.15) is 18.3 Å². The molecule has 0 saturated heterocycles. The second-order valence-corrected chi connectivity index (χ2v) is 3.33. The van der Waals surface area contributed by atoms with Gasteiger partial charge in [0.15, 0.2) is 0 Å². The first-order chi connectivity index (χ1) is 7.41. The van der Waals surface area contributed by atoms with E-state index in [1.54, 1.807) is 18.2 Å². The lowest BCUT2D eigenvalue weighted by Gasteiger charge is -2.01. The zero-order chi connectivity index (χ0) is 11.9. The molecule has 0 N–H and O–H groups in total. The largest absolute Gasteiger partial charge is 0.456 e. The van der Waals surface area contributed by atoms with Crippen molar-refractivity contribution in [2.24, 2.45) is 0 Å². The Morgan fingerprint density at radius 3 is 2.62 bits per heavy atom. The van der Waals surface area contributed by atoms with Gasteiger partial charge < -0.3 is 0 Å². The number of alkyl halides is 3. The predicted molar refractivity (Wildman–Crippen MR) is 50.3 cm³/mol. The molecule has 0 spiro atoms. The zero-order valence-electron chi connectivity index (χ0n) is 8.25. The molecule has 0 radical (unpaired) electrons. The van der Waals surface area contributed by atoms with E-state index in [1.807, 2.05) is 0 Å². The number of halogens is 3. The maximum atomic E-state index is 12.2. The summed E-state index contributed by atoms with van der Waals surface area (Å²) in [5.74, 6) is -1.91. The van der Waals surface area contributed by atoms with Crippen molar-refractivity contribution >= 4 is 11.3 Å². The van der Waals surface area contributed by atoms with Gasteiger partial charge in [-0.05, 0) is 19.1 Å². The van der Waals surface area contributed by atoms with E-state index in [4.69, 9.17) is 0 Å². The molecule has 3 nitrogen and oxygen atoms in total. The van der Waals surface area contributed by atoms with Gasteiger partial charge in [0.05, 0.1) is 5.52 Å². The van der Waals surface area contributed by atoms with E-state index in [2.05, 4.69) is 5.10 Å². The minimum atomic E-state index is -4.89. The van der Waals surface area contributed by atoms with Crippen molar-refractivity contribution in [3.63, 3.8) is 0 Å². The molecule has 0 atom stereocenters. The third-order valence-corrected chi connectivity index (χ3v) is 2.26. The molecule has 16 heavy (non-hydrogen) atoms. The molecule has 0 amide bonds. The van der Waals surface area contributed by atoms with Crippen LogP contribution < -0.4 is 0 Å². The van der Waals surface area contributed by atoms with Crippen molar-refractivity contribution in [1.82, 2.24) is 9.61 Å². The van der Waals surface area contributed by atoms with Gasteiger partial charge >= 0.3 is 6.18 Å². The van der Waals surface area contributed by atoms with E-state index in [0.29, 0.717) is 5.52 Å². The maximum Gasteiger partial charge on any atom is 0.456 e. The van der Waals surface area contributed by atoms with Gasteiger partial charge in [-0.1, -0.05) is 6.07 Å². The van der Waals surface area contributed by atoms with Gasteiger partial charge in [0.2, 0.25) is 0 Å². The summed E-state index contributed by atoms with van der Waals surface area (Å²) in [7, 11) is 0. The molecule has 0 aliphatic carbocycles. The molecule has 2 rings (SSSR count). The van der Waals surface area contributed by atoms with Gasteiger partial charge in [-0.3, -0.25) is 4.79 Å². The number of pyridine rings is 1. The summed E-state index contributed by atoms with van der Waals surface area (Å²) < 4.78 is 38.0. The fraction of sp³-hybridized carbons (Fsp3) is 0.200. The van der Waals surface area contributed by atoms with Crippen LogP contribution in [-0.2, 0) is 0 Å². The number of aromatic nitrogens is 2. The van der Waals surface area contributed by atoms with Crippen molar-refractivity contribution in [3.05, 3.63) is 35.7 Å². The van der Waals surface area contributed by atoms with Crippen LogP contribution in [0.2, 0.25) is 0 Å². The number of ketones is 1. The average Bonchev–Trinajstić information content (AvgIpc) is 2.54. The Hall–Kier alpha value is -1.85. The van der Waals surface area contributed by atoms with Crippen LogP contribution in [0, 0.1) is 6.92 Å². The monoisotopic (exact) mass is 228 g/mol. The Bertz CT molecular complexity index is 557. The molecule has 0 saturated carbocycles. The van der Waals surface area contributed by atoms with E-state index in [-0.39, 0.29) is 5.56 Å². The number of nitrogens with zero attached hydrogens (tertiary/aromatic N) is 2. The van der Waals surface area contributed by atoms with E-state index in [9.17, 15) is 18.0 Å². The van der Waals surface area contributed by atoms with E-state index in [0.717, 1.165) is 0 Å². The van der Waals surface area contributed by atoms with Gasteiger partial charge in [0.25, 0.3) is 5.78 Å². The molecule has 2 aromatic heterocycles. The molecule has 2 aromatic rings. The van der Waals surface area contributed by atoms with Crippen LogP contribution in [0.4, 0.5) is 13.2 Å². The summed E-state index contributed by atoms with van der Waals surface area (Å²) in [4.78, 5) is 11.1. The standard InChI is InChI=1S/C10H7F3N2O/c1-6-7-4-2-3-5-15(7)14-8(6)9(16)10(11,12)13/h2-5H,1H3. The normalized spacial score (nSPS) is 12.0. The Morgan fingerprint density at radius 1 is 1.38 bits per heavy atom. The van der Waals surface area contributed by atoms with Gasteiger partial charge in [-0.15, -0.1) is 0 Å². The predicted octanol–water partition coefficient (Wildman–Crippen LogP) is 2.39. The molecule has 84 valence electrons. The van der Waals surface area contributed by atoms with Crippen molar-refractivity contribution in [2.75, 3.05) is 0 Å². The summed E-state index contributed by atoms with van der Waals surface area (Å²) in [5, 5.41) is 3.63. The minimum Gasteiger partial charge on any atom is -0.282 e. The summed E-state index contributed by atoms with van der Waals surface area (Å²) in [6.07, 6.45) is -3.39. The topological polar surface area (TPSA) is 34.4 Å². The molecule has 0 fully saturated rings. The number of hydrogen-bond acceptors (Lipinski definition) is 2. The van der Waals surface area contributed by atoms with Crippen molar-refractivity contribution in [1.29, 1.82) is 0 Å². The Kier molecular flexibility index (Phi) is 2.22. The molecule has 0 aliphatic rings. The first-order valence-electron chi connectivity index (χ1n) is 4.47. The number of rotatable bonds is 1. The molecular formula is C10H7F3N2O. The highest BCUT2D eigenvalue weighted by Crippen LogP contribution is 2.24. The number of aryl methyl sites for hydroxylation is 1. The molecule has 6 heteroatoms. The Morgan fingerprint density at radius 2 is 2.06 bits per heavy atom. The van der Waals surface area contributed by atoms with Crippen LogP contribution in [-0.4, -0.2) is 21.6 Å². The SMILES string of the molecule is Cc1c(C(=O)C(F)(F)F)nn2ccccc12. The summed E-state index contributed by atoms with van der Waals surface area (Å²) in [6, 6.07) is 4.91. The quantitative estimate of drug-likeness (QED) is 0.702. The lowest BCUT2D eigenvalue weighted by Crippen LogP contribution is -2.23. The highest BCUT2D eigenvalue weighted by molar-refractivity contribution is 6.01. The van der Waals surface area contributed by atoms with Crippen molar-refractivity contribution in [3.8, 4) is 0 Å². The smallest absolute Gasteiger partial charge is 0.282 e. The number of carbonyl (C=O) groups excluding carboxylic acids is 1.